The Balaban J connectivity index is 1.46. The number of amides is 1. The van der Waals surface area contributed by atoms with E-state index in [-0.39, 0.29) is 11.6 Å². The van der Waals surface area contributed by atoms with Crippen molar-refractivity contribution >= 4 is 38.5 Å². The van der Waals surface area contributed by atoms with Crippen LogP contribution >= 0.6 is 0 Å². The number of methoxy groups -OCH3 is 1. The summed E-state index contributed by atoms with van der Waals surface area (Å²) in [4.78, 5) is 27.9. The number of fused-ring (bicyclic) bond motifs is 1. The first kappa shape index (κ1) is 30.7. The fourth-order valence-corrected chi connectivity index (χ4v) is 5.80. The minimum atomic E-state index is -4.48. The standard InChI is InChI=1S/C29H30F2N6O6S/c1-29(2,3)43-28(39)37-11-9-36(10-12-37)25-20-13-17(5-7-22(20)33-27(38)34-25)18-14-23(26(42-4)32-16-18)35-44(40,41)24-8-6-19(30)15-21(24)31/h5-8,13-16,35H,9-12H2,1-4H3,(H,33,34,38). The zero-order valence-corrected chi connectivity index (χ0v) is 25.2. The normalized spacial score (nSPS) is 14.0. The Bertz CT molecular complexity index is 1840. The van der Waals surface area contributed by atoms with Gasteiger partial charge in [-0.05, 0) is 56.7 Å². The van der Waals surface area contributed by atoms with E-state index in [1.54, 1.807) is 43.9 Å². The molecule has 1 saturated heterocycles. The number of halogens is 2. The van der Waals surface area contributed by atoms with Crippen molar-refractivity contribution < 1.29 is 36.6 Å². The van der Waals surface area contributed by atoms with E-state index in [9.17, 15) is 27.1 Å². The highest BCUT2D eigenvalue weighted by Gasteiger charge is 2.28. The highest BCUT2D eigenvalue weighted by Crippen LogP contribution is 2.34. The molecule has 0 spiro atoms. The lowest BCUT2D eigenvalue weighted by atomic mass is 10.0. The van der Waals surface area contributed by atoms with E-state index in [4.69, 9.17) is 9.47 Å². The van der Waals surface area contributed by atoms with Crippen molar-refractivity contribution in [3.63, 3.8) is 0 Å². The molecule has 2 N–H and O–H groups in total. The number of carbonyl (C=O) groups excluding carboxylic acids is 1. The minimum Gasteiger partial charge on any atom is -0.480 e. The highest BCUT2D eigenvalue weighted by molar-refractivity contribution is 7.92. The summed E-state index contributed by atoms with van der Waals surface area (Å²) in [7, 11) is -3.18. The van der Waals surface area contributed by atoms with Crippen LogP contribution in [0.2, 0.25) is 0 Å². The number of hydrogen-bond acceptors (Lipinski definition) is 10. The SMILES string of the molecule is COc1ncc(-c2ccc3nc(O)nc(N4CCN(C(=O)OC(C)(C)C)CC4)c3c2)cc1NS(=O)(=O)c1ccc(F)cc1F. The predicted octanol–water partition coefficient (Wildman–Crippen LogP) is 4.54. The van der Waals surface area contributed by atoms with Crippen molar-refractivity contribution in [1.29, 1.82) is 0 Å². The van der Waals surface area contributed by atoms with Crippen molar-refractivity contribution in [1.82, 2.24) is 19.9 Å². The van der Waals surface area contributed by atoms with Gasteiger partial charge in [-0.3, -0.25) is 4.72 Å². The molecule has 232 valence electrons. The number of carbonyl (C=O) groups is 1. The van der Waals surface area contributed by atoms with Crippen LogP contribution in [0, 0.1) is 11.6 Å². The summed E-state index contributed by atoms with van der Waals surface area (Å²) in [5.41, 5.74) is 0.837. The molecule has 1 fully saturated rings. The molecular weight excluding hydrogens is 598 g/mol. The second-order valence-corrected chi connectivity index (χ2v) is 12.6. The van der Waals surface area contributed by atoms with E-state index < -0.39 is 44.3 Å². The Kier molecular flexibility index (Phi) is 8.16. The van der Waals surface area contributed by atoms with Gasteiger partial charge in [0.25, 0.3) is 10.0 Å². The number of hydrogen-bond donors (Lipinski definition) is 2. The molecule has 1 aliphatic rings. The number of nitrogens with zero attached hydrogens (tertiary/aromatic N) is 5. The number of benzene rings is 2. The first-order chi connectivity index (χ1) is 20.7. The third kappa shape index (κ3) is 6.56. The Morgan fingerprint density at radius 1 is 1.00 bits per heavy atom. The smallest absolute Gasteiger partial charge is 0.410 e. The van der Waals surface area contributed by atoms with Gasteiger partial charge in [-0.1, -0.05) is 6.07 Å². The number of nitrogens with one attached hydrogen (secondary N) is 1. The summed E-state index contributed by atoms with van der Waals surface area (Å²) in [6, 6.07) is 8.35. The van der Waals surface area contributed by atoms with Crippen LogP contribution in [0.4, 0.5) is 25.1 Å². The molecule has 4 aromatic rings. The molecule has 1 aliphatic heterocycles. The van der Waals surface area contributed by atoms with Gasteiger partial charge in [-0.2, -0.15) is 9.97 Å². The molecule has 12 nitrogen and oxygen atoms in total. The molecule has 0 aliphatic carbocycles. The summed E-state index contributed by atoms with van der Waals surface area (Å²) in [6.45, 7) is 7.00. The molecule has 0 bridgehead atoms. The van der Waals surface area contributed by atoms with Crippen LogP contribution in [-0.4, -0.2) is 78.4 Å². The molecule has 2 aromatic carbocycles. The van der Waals surface area contributed by atoms with Gasteiger partial charge in [0.05, 0.1) is 12.6 Å². The zero-order chi connectivity index (χ0) is 31.8. The second kappa shape index (κ2) is 11.7. The van der Waals surface area contributed by atoms with Gasteiger partial charge in [-0.25, -0.2) is 27.0 Å². The predicted molar refractivity (Wildman–Crippen MR) is 158 cm³/mol. The Morgan fingerprint density at radius 2 is 1.73 bits per heavy atom. The molecule has 44 heavy (non-hydrogen) atoms. The molecule has 1 amide bonds. The number of ether oxygens (including phenoxy) is 2. The molecule has 15 heteroatoms. The van der Waals surface area contributed by atoms with Gasteiger partial charge < -0.3 is 24.4 Å². The number of aromatic hydroxyl groups is 1. The van der Waals surface area contributed by atoms with Crippen LogP contribution < -0.4 is 14.4 Å². The van der Waals surface area contributed by atoms with Gasteiger partial charge in [0.1, 0.15) is 33.6 Å². The van der Waals surface area contributed by atoms with Gasteiger partial charge in [-0.15, -0.1) is 0 Å². The van der Waals surface area contributed by atoms with Gasteiger partial charge in [0.2, 0.25) is 5.88 Å². The summed E-state index contributed by atoms with van der Waals surface area (Å²) in [5, 5.41) is 10.9. The van der Waals surface area contributed by atoms with Crippen LogP contribution in [0.25, 0.3) is 22.0 Å². The summed E-state index contributed by atoms with van der Waals surface area (Å²) in [6.07, 6.45) is 1.06. The zero-order valence-electron chi connectivity index (χ0n) is 24.3. The summed E-state index contributed by atoms with van der Waals surface area (Å²) < 4.78 is 66.6. The largest absolute Gasteiger partial charge is 0.480 e. The lowest BCUT2D eigenvalue weighted by Gasteiger charge is -2.36. The van der Waals surface area contributed by atoms with E-state index >= 15 is 0 Å². The Labute approximate surface area is 252 Å². The van der Waals surface area contributed by atoms with E-state index in [0.29, 0.717) is 60.1 Å². The van der Waals surface area contributed by atoms with Crippen LogP contribution in [0.3, 0.4) is 0 Å². The number of aromatic nitrogens is 3. The van der Waals surface area contributed by atoms with Crippen molar-refractivity contribution in [3.05, 3.63) is 60.3 Å². The van der Waals surface area contributed by atoms with Crippen molar-refractivity contribution in [2.75, 3.05) is 42.9 Å². The third-order valence-corrected chi connectivity index (χ3v) is 8.10. The van der Waals surface area contributed by atoms with Crippen molar-refractivity contribution in [3.8, 4) is 23.0 Å². The molecule has 0 unspecified atom stereocenters. The maximum absolute atomic E-state index is 14.3. The van der Waals surface area contributed by atoms with E-state index in [0.717, 1.165) is 12.1 Å². The van der Waals surface area contributed by atoms with Gasteiger partial charge in [0.15, 0.2) is 0 Å². The van der Waals surface area contributed by atoms with E-state index in [1.165, 1.54) is 19.4 Å². The van der Waals surface area contributed by atoms with Crippen LogP contribution in [0.1, 0.15) is 20.8 Å². The number of sulfonamides is 1. The summed E-state index contributed by atoms with van der Waals surface area (Å²) >= 11 is 0. The molecular formula is C29H30F2N6O6S. The number of piperazine rings is 1. The molecule has 0 radical (unpaired) electrons. The van der Waals surface area contributed by atoms with Crippen LogP contribution in [0.5, 0.6) is 11.9 Å². The third-order valence-electron chi connectivity index (χ3n) is 6.70. The van der Waals surface area contributed by atoms with Crippen molar-refractivity contribution in [2.24, 2.45) is 0 Å². The topological polar surface area (TPSA) is 147 Å². The highest BCUT2D eigenvalue weighted by atomic mass is 32.2. The first-order valence-electron chi connectivity index (χ1n) is 13.5. The molecule has 2 aromatic heterocycles. The fourth-order valence-electron chi connectivity index (χ4n) is 4.69. The molecule has 0 saturated carbocycles. The quantitative estimate of drug-likeness (QED) is 0.312. The molecule has 0 atom stereocenters. The second-order valence-electron chi connectivity index (χ2n) is 11.0. The van der Waals surface area contributed by atoms with Crippen molar-refractivity contribution in [2.45, 2.75) is 31.3 Å². The van der Waals surface area contributed by atoms with E-state index in [1.807, 2.05) is 4.90 Å². The lowest BCUT2D eigenvalue weighted by molar-refractivity contribution is 0.0240. The van der Waals surface area contributed by atoms with Crippen LogP contribution in [-0.2, 0) is 14.8 Å². The Morgan fingerprint density at radius 3 is 2.39 bits per heavy atom. The monoisotopic (exact) mass is 628 g/mol. The molecule has 3 heterocycles. The lowest BCUT2D eigenvalue weighted by Crippen LogP contribution is -2.50. The maximum Gasteiger partial charge on any atom is 0.410 e. The minimum absolute atomic E-state index is 0.0718. The fraction of sp³-hybridized carbons (Fsp3) is 0.310. The number of anilines is 2. The van der Waals surface area contributed by atoms with Gasteiger partial charge >= 0.3 is 12.1 Å². The van der Waals surface area contributed by atoms with Gasteiger partial charge in [0, 0.05) is 49.4 Å². The first-order valence-corrected chi connectivity index (χ1v) is 15.0. The Hall–Kier alpha value is -4.79. The number of pyridine rings is 1. The van der Waals surface area contributed by atoms with E-state index in [2.05, 4.69) is 19.7 Å². The number of rotatable bonds is 6. The maximum atomic E-state index is 14.3. The van der Waals surface area contributed by atoms with Crippen LogP contribution in [0.15, 0.2) is 53.6 Å². The molecule has 5 rings (SSSR count). The average Bonchev–Trinajstić information content (AvgIpc) is 2.95. The average molecular weight is 629 g/mol. The summed E-state index contributed by atoms with van der Waals surface area (Å²) in [5.74, 6) is -1.79.